The van der Waals surface area contributed by atoms with Crippen molar-refractivity contribution in [2.24, 2.45) is 5.16 Å². The van der Waals surface area contributed by atoms with Crippen molar-refractivity contribution in [1.29, 1.82) is 0 Å². The Morgan fingerprint density at radius 2 is 2.70 bits per heavy atom. The highest BCUT2D eigenvalue weighted by Gasteiger charge is 2.06. The van der Waals surface area contributed by atoms with Gasteiger partial charge in [0.05, 0.1) is 6.20 Å². The molecule has 0 saturated heterocycles. The van der Waals surface area contributed by atoms with Crippen LogP contribution in [0.25, 0.3) is 0 Å². The molecule has 1 atom stereocenters. The molecule has 0 bridgehead atoms. The maximum Gasteiger partial charge on any atom is 0.261 e. The third-order valence-corrected chi connectivity index (χ3v) is 0.821. The number of hydrogen-bond donors (Lipinski definition) is 1. The SMILES string of the molecule is CON=CC1OC=CNO1. The van der Waals surface area contributed by atoms with Crippen LogP contribution in [0, 0.1) is 0 Å². The average molecular weight is 144 g/mol. The van der Waals surface area contributed by atoms with E-state index in [4.69, 9.17) is 9.57 Å². The van der Waals surface area contributed by atoms with Crippen LogP contribution in [0.1, 0.15) is 0 Å². The quantitative estimate of drug-likeness (QED) is 0.436. The van der Waals surface area contributed by atoms with Crippen molar-refractivity contribution < 1.29 is 14.4 Å². The molecule has 1 heterocycles. The van der Waals surface area contributed by atoms with Gasteiger partial charge in [-0.05, 0) is 0 Å². The van der Waals surface area contributed by atoms with E-state index in [2.05, 4.69) is 15.5 Å². The van der Waals surface area contributed by atoms with Crippen LogP contribution in [0.3, 0.4) is 0 Å². The van der Waals surface area contributed by atoms with E-state index in [0.29, 0.717) is 0 Å². The molecule has 10 heavy (non-hydrogen) atoms. The second-order valence-corrected chi connectivity index (χ2v) is 1.48. The van der Waals surface area contributed by atoms with Gasteiger partial charge in [-0.1, -0.05) is 5.16 Å². The molecule has 1 aliphatic heterocycles. The lowest BCUT2D eigenvalue weighted by Gasteiger charge is -2.15. The minimum Gasteiger partial charge on any atom is -0.463 e. The molecule has 1 N–H and O–H groups in total. The normalized spacial score (nSPS) is 23.9. The molecule has 0 spiro atoms. The number of hydrogen-bond acceptors (Lipinski definition) is 5. The topological polar surface area (TPSA) is 52.1 Å². The fourth-order valence-electron chi connectivity index (χ4n) is 0.455. The molecule has 1 rings (SSSR count). The predicted octanol–water partition coefficient (Wildman–Crippen LogP) is -0.0327. The maximum absolute atomic E-state index is 4.89. The van der Waals surface area contributed by atoms with E-state index in [-0.39, 0.29) is 0 Å². The highest BCUT2D eigenvalue weighted by atomic mass is 16.8. The van der Waals surface area contributed by atoms with Crippen LogP contribution in [-0.4, -0.2) is 19.6 Å². The van der Waals surface area contributed by atoms with Crippen molar-refractivity contribution in [3.05, 3.63) is 12.5 Å². The Hall–Kier alpha value is -1.23. The summed E-state index contributed by atoms with van der Waals surface area (Å²) in [5.41, 5.74) is 2.49. The lowest BCUT2D eigenvalue weighted by molar-refractivity contribution is -0.110. The number of rotatable bonds is 2. The molecule has 0 aliphatic carbocycles. The Labute approximate surface area is 58.2 Å². The van der Waals surface area contributed by atoms with E-state index < -0.39 is 6.29 Å². The van der Waals surface area contributed by atoms with Crippen molar-refractivity contribution in [2.75, 3.05) is 7.11 Å². The highest BCUT2D eigenvalue weighted by molar-refractivity contribution is 5.60. The van der Waals surface area contributed by atoms with Crippen LogP contribution < -0.4 is 5.48 Å². The Kier molecular flexibility index (Phi) is 2.57. The van der Waals surface area contributed by atoms with Crippen LogP contribution in [0.2, 0.25) is 0 Å². The molecule has 0 aromatic carbocycles. The van der Waals surface area contributed by atoms with Gasteiger partial charge in [-0.15, -0.1) is 0 Å². The molecule has 0 aromatic heterocycles. The third kappa shape index (κ3) is 1.94. The first-order valence-corrected chi connectivity index (χ1v) is 2.72. The molecule has 0 aromatic rings. The van der Waals surface area contributed by atoms with E-state index >= 15 is 0 Å². The van der Waals surface area contributed by atoms with Gasteiger partial charge in [0.25, 0.3) is 6.29 Å². The lowest BCUT2D eigenvalue weighted by atomic mass is 10.7. The molecule has 0 radical (unpaired) electrons. The summed E-state index contributed by atoms with van der Waals surface area (Å²) in [7, 11) is 1.45. The van der Waals surface area contributed by atoms with Crippen molar-refractivity contribution >= 4 is 6.21 Å². The van der Waals surface area contributed by atoms with Crippen molar-refractivity contribution in [2.45, 2.75) is 6.29 Å². The number of ether oxygens (including phenoxy) is 1. The summed E-state index contributed by atoms with van der Waals surface area (Å²) < 4.78 is 4.89. The van der Waals surface area contributed by atoms with Crippen molar-refractivity contribution in [3.8, 4) is 0 Å². The van der Waals surface area contributed by atoms with Crippen LogP contribution in [0.4, 0.5) is 0 Å². The summed E-state index contributed by atoms with van der Waals surface area (Å²) in [4.78, 5) is 9.19. The number of nitrogens with one attached hydrogen (secondary N) is 1. The van der Waals surface area contributed by atoms with Gasteiger partial charge in [0.1, 0.15) is 19.6 Å². The zero-order valence-corrected chi connectivity index (χ0v) is 5.48. The number of oxime groups is 1. The summed E-state index contributed by atoms with van der Waals surface area (Å²) in [6.07, 6.45) is 3.87. The van der Waals surface area contributed by atoms with Gasteiger partial charge in [-0.3, -0.25) is 5.48 Å². The summed E-state index contributed by atoms with van der Waals surface area (Å²) in [6, 6.07) is 0. The standard InChI is InChI=1S/C5H8N2O3/c1-8-7-4-5-9-3-2-6-10-5/h2-6H,1H3. The molecule has 5 heteroatoms. The van der Waals surface area contributed by atoms with Gasteiger partial charge >= 0.3 is 0 Å². The highest BCUT2D eigenvalue weighted by Crippen LogP contribution is 1.94. The third-order valence-electron chi connectivity index (χ3n) is 0.821. The molecule has 1 unspecified atom stereocenters. The average Bonchev–Trinajstić information content (AvgIpc) is 2.03. The molecular formula is C5H8N2O3. The Morgan fingerprint density at radius 1 is 1.80 bits per heavy atom. The minimum absolute atomic E-state index is 0.509. The molecular weight excluding hydrogens is 136 g/mol. The largest absolute Gasteiger partial charge is 0.463 e. The van der Waals surface area contributed by atoms with Crippen LogP contribution >= 0.6 is 0 Å². The monoisotopic (exact) mass is 144 g/mol. The van der Waals surface area contributed by atoms with Gasteiger partial charge in [-0.25, -0.2) is 4.84 Å². The van der Waals surface area contributed by atoms with Crippen molar-refractivity contribution in [3.63, 3.8) is 0 Å². The molecule has 1 aliphatic rings. The van der Waals surface area contributed by atoms with E-state index in [1.807, 2.05) is 0 Å². The summed E-state index contributed by atoms with van der Waals surface area (Å²) in [5, 5.41) is 3.45. The van der Waals surface area contributed by atoms with E-state index in [9.17, 15) is 0 Å². The van der Waals surface area contributed by atoms with Gasteiger partial charge < -0.3 is 9.57 Å². The van der Waals surface area contributed by atoms with Crippen molar-refractivity contribution in [1.82, 2.24) is 5.48 Å². The first kappa shape index (κ1) is 6.88. The van der Waals surface area contributed by atoms with E-state index in [0.717, 1.165) is 0 Å². The van der Waals surface area contributed by atoms with Crippen LogP contribution in [0.15, 0.2) is 17.6 Å². The van der Waals surface area contributed by atoms with Gasteiger partial charge in [0, 0.05) is 0 Å². The van der Waals surface area contributed by atoms with E-state index in [1.54, 1.807) is 0 Å². The zero-order chi connectivity index (χ0) is 7.23. The molecule has 56 valence electrons. The Morgan fingerprint density at radius 3 is 3.30 bits per heavy atom. The first-order valence-electron chi connectivity index (χ1n) is 2.72. The zero-order valence-electron chi connectivity index (χ0n) is 5.48. The molecule has 5 nitrogen and oxygen atoms in total. The molecule has 0 amide bonds. The van der Waals surface area contributed by atoms with Gasteiger partial charge in [-0.2, -0.15) is 0 Å². The number of nitrogens with zero attached hydrogens (tertiary/aromatic N) is 1. The lowest BCUT2D eigenvalue weighted by Crippen LogP contribution is -2.26. The molecule has 0 saturated carbocycles. The van der Waals surface area contributed by atoms with Gasteiger partial charge in [0.2, 0.25) is 0 Å². The fraction of sp³-hybridized carbons (Fsp3) is 0.400. The maximum atomic E-state index is 4.89. The van der Waals surface area contributed by atoms with Gasteiger partial charge in [0.15, 0.2) is 0 Å². The molecule has 0 fully saturated rings. The smallest absolute Gasteiger partial charge is 0.261 e. The summed E-state index contributed by atoms with van der Waals surface area (Å²) in [5.74, 6) is 0. The summed E-state index contributed by atoms with van der Waals surface area (Å²) in [6.45, 7) is 0. The summed E-state index contributed by atoms with van der Waals surface area (Å²) >= 11 is 0. The Bertz CT molecular complexity index is 146. The second kappa shape index (κ2) is 3.73. The Balaban J connectivity index is 2.28. The van der Waals surface area contributed by atoms with E-state index in [1.165, 1.54) is 25.8 Å². The first-order chi connectivity index (χ1) is 4.93. The minimum atomic E-state index is -0.509. The fourth-order valence-corrected chi connectivity index (χ4v) is 0.455. The second-order valence-electron chi connectivity index (χ2n) is 1.48. The van der Waals surface area contributed by atoms with Crippen LogP contribution in [0.5, 0.6) is 0 Å². The van der Waals surface area contributed by atoms with Crippen LogP contribution in [-0.2, 0) is 14.4 Å². The predicted molar refractivity (Wildman–Crippen MR) is 33.7 cm³/mol. The number of hydroxylamine groups is 1.